The Bertz CT molecular complexity index is 1770. The summed E-state index contributed by atoms with van der Waals surface area (Å²) in [7, 11) is 1.56. The van der Waals surface area contributed by atoms with Gasteiger partial charge in [0.25, 0.3) is 5.91 Å². The predicted molar refractivity (Wildman–Crippen MR) is 157 cm³/mol. The van der Waals surface area contributed by atoms with Crippen LogP contribution in [-0.4, -0.2) is 13.0 Å². The smallest absolute Gasteiger partial charge is 0.295 e. The van der Waals surface area contributed by atoms with Gasteiger partial charge < -0.3 is 13.9 Å². The standard InChI is InChI=1S/C31H21Br2NO5/c1-37-26-15-19(7-13-25(26)38-17-18-5-3-2-4-6-18)28-27-29(35)23-16-21(33)10-14-24(23)39-30(27)31(36)34(28)22-11-8-20(32)9-12-22/h2-16,28H,17H2,1H3. The van der Waals surface area contributed by atoms with Gasteiger partial charge in [-0.05, 0) is 65.7 Å². The quantitative estimate of drug-likeness (QED) is 0.190. The minimum absolute atomic E-state index is 0.0334. The number of rotatable bonds is 6. The first-order valence-electron chi connectivity index (χ1n) is 12.1. The van der Waals surface area contributed by atoms with Crippen molar-refractivity contribution in [1.29, 1.82) is 0 Å². The Kier molecular flexibility index (Phi) is 6.74. The molecule has 0 spiro atoms. The van der Waals surface area contributed by atoms with Crippen LogP contribution >= 0.6 is 31.9 Å². The van der Waals surface area contributed by atoms with Gasteiger partial charge in [0.05, 0.1) is 24.1 Å². The summed E-state index contributed by atoms with van der Waals surface area (Å²) in [6, 6.07) is 27.1. The third-order valence-corrected chi connectivity index (χ3v) is 7.70. The summed E-state index contributed by atoms with van der Waals surface area (Å²) in [6.45, 7) is 0.372. The van der Waals surface area contributed by atoms with Crippen LogP contribution in [0.15, 0.2) is 109 Å². The number of amides is 1. The van der Waals surface area contributed by atoms with Crippen LogP contribution in [-0.2, 0) is 6.61 Å². The number of ether oxygens (including phenoxy) is 2. The Morgan fingerprint density at radius 2 is 1.59 bits per heavy atom. The molecule has 194 valence electrons. The van der Waals surface area contributed by atoms with E-state index in [4.69, 9.17) is 13.9 Å². The molecule has 1 aliphatic heterocycles. The van der Waals surface area contributed by atoms with Gasteiger partial charge in [0.15, 0.2) is 16.9 Å². The highest BCUT2D eigenvalue weighted by Crippen LogP contribution is 2.43. The molecule has 5 aromatic rings. The molecular formula is C31H21Br2NO5. The third-order valence-electron chi connectivity index (χ3n) is 6.68. The molecule has 1 atom stereocenters. The summed E-state index contributed by atoms with van der Waals surface area (Å²) in [4.78, 5) is 29.3. The van der Waals surface area contributed by atoms with E-state index in [2.05, 4.69) is 31.9 Å². The molecule has 0 saturated carbocycles. The molecule has 6 rings (SSSR count). The van der Waals surface area contributed by atoms with Crippen LogP contribution in [0.25, 0.3) is 11.0 Å². The van der Waals surface area contributed by atoms with Crippen molar-refractivity contribution in [3.8, 4) is 11.5 Å². The van der Waals surface area contributed by atoms with Crippen molar-refractivity contribution in [1.82, 2.24) is 0 Å². The lowest BCUT2D eigenvalue weighted by molar-refractivity contribution is 0.0971. The monoisotopic (exact) mass is 645 g/mol. The molecule has 1 unspecified atom stereocenters. The van der Waals surface area contributed by atoms with E-state index in [1.165, 1.54) is 0 Å². The van der Waals surface area contributed by atoms with E-state index >= 15 is 0 Å². The molecule has 0 N–H and O–H groups in total. The summed E-state index contributed by atoms with van der Waals surface area (Å²) in [5.41, 5.74) is 2.73. The second-order valence-corrected chi connectivity index (χ2v) is 10.9. The number of nitrogens with zero attached hydrogens (tertiary/aromatic N) is 1. The number of hydrogen-bond donors (Lipinski definition) is 0. The number of methoxy groups -OCH3 is 1. The molecule has 39 heavy (non-hydrogen) atoms. The highest BCUT2D eigenvalue weighted by Gasteiger charge is 2.44. The minimum atomic E-state index is -0.731. The molecular weight excluding hydrogens is 626 g/mol. The van der Waals surface area contributed by atoms with Crippen LogP contribution in [0.3, 0.4) is 0 Å². The lowest BCUT2D eigenvalue weighted by Gasteiger charge is -2.26. The number of fused-ring (bicyclic) bond motifs is 2. The van der Waals surface area contributed by atoms with E-state index in [1.54, 1.807) is 36.3 Å². The average Bonchev–Trinajstić information content (AvgIpc) is 3.25. The zero-order valence-electron chi connectivity index (χ0n) is 20.7. The van der Waals surface area contributed by atoms with Crippen molar-refractivity contribution in [3.05, 3.63) is 133 Å². The van der Waals surface area contributed by atoms with Gasteiger partial charge in [-0.15, -0.1) is 0 Å². The van der Waals surface area contributed by atoms with Gasteiger partial charge in [-0.1, -0.05) is 68.3 Å². The Hall–Kier alpha value is -3.88. The first-order chi connectivity index (χ1) is 18.9. The lowest BCUT2D eigenvalue weighted by Crippen LogP contribution is -2.29. The second kappa shape index (κ2) is 10.4. The van der Waals surface area contributed by atoms with Crippen LogP contribution in [0.1, 0.15) is 33.3 Å². The predicted octanol–water partition coefficient (Wildman–Crippen LogP) is 7.66. The molecule has 1 aromatic heterocycles. The number of carbonyl (C=O) groups is 1. The molecule has 1 aliphatic rings. The number of benzene rings is 4. The van der Waals surface area contributed by atoms with Gasteiger partial charge >= 0.3 is 0 Å². The summed E-state index contributed by atoms with van der Waals surface area (Å²) in [5, 5.41) is 0.397. The van der Waals surface area contributed by atoms with Crippen molar-refractivity contribution in [2.24, 2.45) is 0 Å². The van der Waals surface area contributed by atoms with Gasteiger partial charge in [-0.2, -0.15) is 0 Å². The highest BCUT2D eigenvalue weighted by molar-refractivity contribution is 9.10. The molecule has 6 nitrogen and oxygen atoms in total. The molecule has 0 bridgehead atoms. The van der Waals surface area contributed by atoms with E-state index in [0.717, 1.165) is 14.5 Å². The van der Waals surface area contributed by atoms with E-state index in [9.17, 15) is 9.59 Å². The van der Waals surface area contributed by atoms with Gasteiger partial charge in [0, 0.05) is 14.6 Å². The Morgan fingerprint density at radius 3 is 2.33 bits per heavy atom. The first-order valence-corrected chi connectivity index (χ1v) is 13.7. The lowest BCUT2D eigenvalue weighted by atomic mass is 9.97. The Morgan fingerprint density at radius 1 is 0.846 bits per heavy atom. The van der Waals surface area contributed by atoms with Crippen molar-refractivity contribution < 1.29 is 18.7 Å². The molecule has 0 fully saturated rings. The summed E-state index contributed by atoms with van der Waals surface area (Å²) >= 11 is 6.90. The normalized spacial score (nSPS) is 14.5. The number of carbonyl (C=O) groups excluding carboxylic acids is 1. The largest absolute Gasteiger partial charge is 0.493 e. The molecule has 0 radical (unpaired) electrons. The number of anilines is 1. The van der Waals surface area contributed by atoms with Crippen LogP contribution in [0.4, 0.5) is 5.69 Å². The molecule has 8 heteroatoms. The van der Waals surface area contributed by atoms with E-state index in [1.807, 2.05) is 66.7 Å². The summed E-state index contributed by atoms with van der Waals surface area (Å²) in [6.07, 6.45) is 0. The minimum Gasteiger partial charge on any atom is -0.493 e. The Balaban J connectivity index is 1.49. The van der Waals surface area contributed by atoms with Crippen molar-refractivity contribution in [2.45, 2.75) is 12.6 Å². The van der Waals surface area contributed by atoms with Crippen LogP contribution in [0.2, 0.25) is 0 Å². The zero-order chi connectivity index (χ0) is 27.1. The highest BCUT2D eigenvalue weighted by atomic mass is 79.9. The average molecular weight is 647 g/mol. The fourth-order valence-electron chi connectivity index (χ4n) is 4.84. The van der Waals surface area contributed by atoms with E-state index in [-0.39, 0.29) is 22.7 Å². The second-order valence-electron chi connectivity index (χ2n) is 9.05. The molecule has 0 saturated heterocycles. The van der Waals surface area contributed by atoms with Crippen LogP contribution < -0.4 is 19.8 Å². The topological polar surface area (TPSA) is 69.0 Å². The van der Waals surface area contributed by atoms with E-state index in [0.29, 0.717) is 40.3 Å². The SMILES string of the molecule is COc1cc(C2c3c(oc4ccc(Br)cc4c3=O)C(=O)N2c2ccc(Br)cc2)ccc1OCc1ccccc1. The maximum atomic E-state index is 13.9. The number of halogens is 2. The number of hydrogen-bond acceptors (Lipinski definition) is 5. The maximum Gasteiger partial charge on any atom is 0.295 e. The van der Waals surface area contributed by atoms with Crippen LogP contribution in [0.5, 0.6) is 11.5 Å². The summed E-state index contributed by atoms with van der Waals surface area (Å²) < 4.78 is 19.4. The molecule has 1 amide bonds. The summed E-state index contributed by atoms with van der Waals surface area (Å²) in [5.74, 6) is 0.695. The molecule has 0 aliphatic carbocycles. The van der Waals surface area contributed by atoms with Crippen LogP contribution in [0, 0.1) is 0 Å². The maximum absolute atomic E-state index is 13.9. The van der Waals surface area contributed by atoms with E-state index < -0.39 is 6.04 Å². The first kappa shape index (κ1) is 25.4. The van der Waals surface area contributed by atoms with Gasteiger partial charge in [0.2, 0.25) is 5.76 Å². The van der Waals surface area contributed by atoms with Crippen molar-refractivity contribution >= 4 is 54.4 Å². The van der Waals surface area contributed by atoms with Crippen molar-refractivity contribution in [2.75, 3.05) is 12.0 Å². The third kappa shape index (κ3) is 4.64. The fourth-order valence-corrected chi connectivity index (χ4v) is 5.46. The zero-order valence-corrected chi connectivity index (χ0v) is 23.9. The van der Waals surface area contributed by atoms with Crippen molar-refractivity contribution in [3.63, 3.8) is 0 Å². The molecule has 4 aromatic carbocycles. The van der Waals surface area contributed by atoms with Gasteiger partial charge in [-0.3, -0.25) is 14.5 Å². The fraction of sp³-hybridized carbons (Fsp3) is 0.0968. The molecule has 2 heterocycles. The Labute approximate surface area is 241 Å². The van der Waals surface area contributed by atoms with Gasteiger partial charge in [-0.25, -0.2) is 0 Å². The van der Waals surface area contributed by atoms with Gasteiger partial charge in [0.1, 0.15) is 12.2 Å².